The van der Waals surface area contributed by atoms with Crippen LogP contribution in [0.25, 0.3) is 0 Å². The molecule has 14 heteroatoms. The summed E-state index contributed by atoms with van der Waals surface area (Å²) >= 11 is 0. The highest BCUT2D eigenvalue weighted by atomic mass is 19.3. The molecule has 0 atom stereocenters. The summed E-state index contributed by atoms with van der Waals surface area (Å²) in [6.45, 7) is 45.7. The number of ether oxygens (including phenoxy) is 3. The number of aromatic nitrogens is 7. The van der Waals surface area contributed by atoms with Gasteiger partial charge in [0.15, 0.2) is 0 Å². The lowest BCUT2D eigenvalue weighted by Gasteiger charge is -2.18. The molecule has 2 N–H and O–H groups in total. The van der Waals surface area contributed by atoms with Crippen LogP contribution in [0.3, 0.4) is 0 Å². The lowest BCUT2D eigenvalue weighted by atomic mass is 9.99. The Labute approximate surface area is 470 Å². The van der Waals surface area contributed by atoms with Crippen LogP contribution in [0.2, 0.25) is 0 Å². The molecular formula is C64H99F2N9O3. The third-order valence-electron chi connectivity index (χ3n) is 10.8. The van der Waals surface area contributed by atoms with Crippen molar-refractivity contribution < 1.29 is 23.0 Å². The van der Waals surface area contributed by atoms with Crippen molar-refractivity contribution in [3.8, 4) is 17.6 Å². The molecule has 0 spiro atoms. The Kier molecular flexibility index (Phi) is 32.8. The number of anilines is 2. The zero-order valence-electron chi connectivity index (χ0n) is 51.6. The average molecular weight is 1080 g/mol. The molecule has 6 rings (SSSR count). The number of halogens is 2. The molecular weight excluding hydrogens is 981 g/mol. The monoisotopic (exact) mass is 1080 g/mol. The maximum atomic E-state index is 12.2. The maximum Gasteiger partial charge on any atom is 0.263 e. The number of hydrogen-bond acceptors (Lipinski definition) is 12. The second kappa shape index (κ2) is 36.7. The van der Waals surface area contributed by atoms with Crippen LogP contribution in [-0.4, -0.2) is 67.3 Å². The number of rotatable bonds is 17. The van der Waals surface area contributed by atoms with Crippen LogP contribution in [0.5, 0.6) is 17.6 Å². The highest BCUT2D eigenvalue weighted by molar-refractivity contribution is 5.37. The van der Waals surface area contributed by atoms with Crippen molar-refractivity contribution >= 4 is 11.6 Å². The van der Waals surface area contributed by atoms with E-state index in [4.69, 9.17) is 14.2 Å². The number of benzene rings is 1. The van der Waals surface area contributed by atoms with Gasteiger partial charge in [-0.05, 0) is 115 Å². The third kappa shape index (κ3) is 31.2. The standard InChI is InChI=1S/C12H20N2O.C11H18N2O.2C11H18N2.C10H12F2.C9H13NO/c1-9(2)10-6-13-7-11(14-10)15-8-12(3,4)5;1-8(2)7-14-11-6-12-5-10(13-11)9(3)4;1-8(2)10-5-6-11(12-7-10)13-9(3)4;1-8(2)10-6-5-7-11(13-10)12-9(3)4;1-7(2)8-4-3-5-9(6-8)10(11)12;1-7(2)8-4-5-9(11-3)10-6-8/h6-7,9H,8H2,1-5H3;5-6,8-9H,7H2,1-4H3;2*5-9H,1-4H3,(H,12,13);3-7,10H,1-2H3;4-7H,1-3H3. The van der Waals surface area contributed by atoms with E-state index in [1.165, 1.54) is 17.2 Å². The van der Waals surface area contributed by atoms with Crippen molar-refractivity contribution in [3.05, 3.63) is 143 Å². The molecule has 5 heterocycles. The summed E-state index contributed by atoms with van der Waals surface area (Å²) in [7, 11) is 1.62. The fourth-order valence-electron chi connectivity index (χ4n) is 6.15. The molecule has 0 bridgehead atoms. The summed E-state index contributed by atoms with van der Waals surface area (Å²) in [6.07, 6.45) is 8.33. The first-order valence-corrected chi connectivity index (χ1v) is 27.7. The van der Waals surface area contributed by atoms with Gasteiger partial charge in [-0.2, -0.15) is 0 Å². The van der Waals surface area contributed by atoms with Gasteiger partial charge in [-0.25, -0.2) is 33.7 Å². The Balaban J connectivity index is 0.000000469. The maximum absolute atomic E-state index is 12.2. The van der Waals surface area contributed by atoms with Gasteiger partial charge >= 0.3 is 0 Å². The van der Waals surface area contributed by atoms with Gasteiger partial charge in [0.05, 0.1) is 44.1 Å². The molecule has 5 aromatic heterocycles. The van der Waals surface area contributed by atoms with Gasteiger partial charge in [0.1, 0.15) is 11.6 Å². The van der Waals surface area contributed by atoms with Crippen LogP contribution in [0.1, 0.15) is 227 Å². The molecule has 0 saturated carbocycles. The van der Waals surface area contributed by atoms with Crippen LogP contribution in [0.15, 0.2) is 104 Å². The summed E-state index contributed by atoms with van der Waals surface area (Å²) in [4.78, 5) is 29.9. The van der Waals surface area contributed by atoms with E-state index in [1.807, 2.05) is 62.6 Å². The topological polar surface area (TPSA) is 142 Å². The van der Waals surface area contributed by atoms with E-state index in [0.29, 0.717) is 84.4 Å². The second-order valence-corrected chi connectivity index (χ2v) is 23.2. The highest BCUT2D eigenvalue weighted by Gasteiger charge is 2.13. The van der Waals surface area contributed by atoms with E-state index in [9.17, 15) is 8.78 Å². The predicted octanol–water partition coefficient (Wildman–Crippen LogP) is 17.7. The van der Waals surface area contributed by atoms with E-state index < -0.39 is 6.43 Å². The van der Waals surface area contributed by atoms with Crippen molar-refractivity contribution in [2.75, 3.05) is 31.0 Å². The fraction of sp³-hybridized carbons (Fsp3) is 0.547. The summed E-state index contributed by atoms with van der Waals surface area (Å²) in [6, 6.07) is 21.7. The van der Waals surface area contributed by atoms with Crippen molar-refractivity contribution in [3.63, 3.8) is 0 Å². The van der Waals surface area contributed by atoms with Gasteiger partial charge in [0.2, 0.25) is 17.6 Å². The Morgan fingerprint density at radius 3 is 1.33 bits per heavy atom. The van der Waals surface area contributed by atoms with Crippen LogP contribution in [-0.2, 0) is 0 Å². The zero-order chi connectivity index (χ0) is 59.1. The van der Waals surface area contributed by atoms with Crippen molar-refractivity contribution in [2.45, 2.75) is 199 Å². The minimum Gasteiger partial charge on any atom is -0.481 e. The van der Waals surface area contributed by atoms with Gasteiger partial charge in [0.25, 0.3) is 6.43 Å². The van der Waals surface area contributed by atoms with Crippen molar-refractivity contribution in [2.24, 2.45) is 11.3 Å². The normalized spacial score (nSPS) is 11.1. The molecule has 432 valence electrons. The Morgan fingerprint density at radius 2 is 0.923 bits per heavy atom. The first-order chi connectivity index (χ1) is 36.5. The molecule has 0 aliphatic heterocycles. The number of alkyl halides is 2. The molecule has 78 heavy (non-hydrogen) atoms. The third-order valence-corrected chi connectivity index (χ3v) is 10.8. The minimum atomic E-state index is -2.36. The smallest absolute Gasteiger partial charge is 0.263 e. The predicted molar refractivity (Wildman–Crippen MR) is 322 cm³/mol. The van der Waals surface area contributed by atoms with Crippen LogP contribution in [0, 0.1) is 11.3 Å². The first kappa shape index (κ1) is 69.7. The molecule has 0 aliphatic rings. The number of pyridine rings is 3. The lowest BCUT2D eigenvalue weighted by molar-refractivity contribution is 0.151. The molecule has 0 aliphatic carbocycles. The zero-order valence-corrected chi connectivity index (χ0v) is 51.6. The Morgan fingerprint density at radius 1 is 0.449 bits per heavy atom. The van der Waals surface area contributed by atoms with Gasteiger partial charge in [-0.3, -0.25) is 9.97 Å². The largest absolute Gasteiger partial charge is 0.481 e. The van der Waals surface area contributed by atoms with Crippen LogP contribution < -0.4 is 24.8 Å². The second-order valence-electron chi connectivity index (χ2n) is 23.2. The summed E-state index contributed by atoms with van der Waals surface area (Å²) in [5.74, 6) is 7.04. The molecule has 0 radical (unpaired) electrons. The first-order valence-electron chi connectivity index (χ1n) is 27.7. The quantitative estimate of drug-likeness (QED) is 0.0898. The van der Waals surface area contributed by atoms with E-state index >= 15 is 0 Å². The van der Waals surface area contributed by atoms with Gasteiger partial charge < -0.3 is 24.8 Å². The van der Waals surface area contributed by atoms with Gasteiger partial charge in [0, 0.05) is 54.2 Å². The number of methoxy groups -OCH3 is 1. The summed E-state index contributed by atoms with van der Waals surface area (Å²) in [5.41, 5.74) is 6.85. The summed E-state index contributed by atoms with van der Waals surface area (Å²) < 4.78 is 40.4. The van der Waals surface area contributed by atoms with Crippen molar-refractivity contribution in [1.29, 1.82) is 0 Å². The van der Waals surface area contributed by atoms with Gasteiger partial charge in [-0.15, -0.1) is 0 Å². The SMILES string of the molecule is CC(C)COc1cncc(C(C)C)n1.CC(C)Nc1ccc(C(C)C)cn1.CC(C)Nc1cccc(C(C)C)n1.CC(C)c1cccc(C(F)F)c1.CC(C)c1cncc(OCC(C)(C)C)n1.COc1ccc(C(C)C)cn1. The lowest BCUT2D eigenvalue weighted by Crippen LogP contribution is -2.17. The van der Waals surface area contributed by atoms with Gasteiger partial charge in [-0.1, -0.05) is 154 Å². The minimum absolute atomic E-state index is 0.112. The van der Waals surface area contributed by atoms with E-state index in [-0.39, 0.29) is 11.0 Å². The van der Waals surface area contributed by atoms with E-state index in [0.717, 1.165) is 34.3 Å². The average Bonchev–Trinajstić information content (AvgIpc) is 3.38. The van der Waals surface area contributed by atoms with E-state index in [1.54, 1.807) is 44.0 Å². The molecule has 12 nitrogen and oxygen atoms in total. The van der Waals surface area contributed by atoms with E-state index in [2.05, 4.69) is 189 Å². The fourth-order valence-corrected chi connectivity index (χ4v) is 6.15. The Hall–Kier alpha value is -6.31. The molecule has 0 unspecified atom stereocenters. The molecule has 0 saturated heterocycles. The van der Waals surface area contributed by atoms with Crippen molar-refractivity contribution in [1.82, 2.24) is 34.9 Å². The number of nitrogens with zero attached hydrogens (tertiary/aromatic N) is 7. The van der Waals surface area contributed by atoms with Crippen LogP contribution >= 0.6 is 0 Å². The molecule has 1 aromatic carbocycles. The molecule has 0 fully saturated rings. The molecule has 6 aromatic rings. The number of nitrogens with one attached hydrogen (secondary N) is 2. The summed E-state index contributed by atoms with van der Waals surface area (Å²) in [5, 5.41) is 6.55. The number of hydrogen-bond donors (Lipinski definition) is 2. The Bertz CT molecular complexity index is 2470. The molecule has 0 amide bonds. The van der Waals surface area contributed by atoms with Crippen LogP contribution in [0.4, 0.5) is 20.4 Å². The highest BCUT2D eigenvalue weighted by Crippen LogP contribution is 2.24.